The first kappa shape index (κ1) is 15.0. The smallest absolute Gasteiger partial charge is 0.0470 e. The minimum atomic E-state index is 0.354. The van der Waals surface area contributed by atoms with Crippen molar-refractivity contribution in [3.8, 4) is 0 Å². The van der Waals surface area contributed by atoms with E-state index < -0.39 is 0 Å². The third kappa shape index (κ3) is 3.39. The molecule has 1 saturated heterocycles. The molecule has 2 nitrogen and oxygen atoms in total. The summed E-state index contributed by atoms with van der Waals surface area (Å²) in [5.41, 5.74) is 8.66. The van der Waals surface area contributed by atoms with E-state index in [0.29, 0.717) is 12.6 Å². The van der Waals surface area contributed by atoms with Crippen molar-refractivity contribution in [1.29, 1.82) is 0 Å². The van der Waals surface area contributed by atoms with Crippen molar-refractivity contribution >= 4 is 15.9 Å². The summed E-state index contributed by atoms with van der Waals surface area (Å²) in [6, 6.07) is 6.99. The fraction of sp³-hybridized carbons (Fsp3) is 0.625. The topological polar surface area (TPSA) is 29.3 Å². The van der Waals surface area contributed by atoms with Crippen molar-refractivity contribution in [2.45, 2.75) is 33.2 Å². The average molecular weight is 325 g/mol. The van der Waals surface area contributed by atoms with Crippen molar-refractivity contribution < 1.29 is 0 Å². The molecule has 1 aromatic rings. The molecule has 0 spiro atoms. The predicted molar refractivity (Wildman–Crippen MR) is 85.2 cm³/mol. The minimum Gasteiger partial charge on any atom is -0.329 e. The van der Waals surface area contributed by atoms with Gasteiger partial charge >= 0.3 is 0 Å². The molecule has 1 fully saturated rings. The maximum Gasteiger partial charge on any atom is 0.0470 e. The second kappa shape index (κ2) is 6.38. The SMILES string of the molecule is Cc1ccc(C(CN)N2CCC(C)C(C)C2)cc1Br. The maximum atomic E-state index is 6.05. The van der Waals surface area contributed by atoms with Gasteiger partial charge in [-0.15, -0.1) is 0 Å². The van der Waals surface area contributed by atoms with Crippen LogP contribution in [0.5, 0.6) is 0 Å². The Bertz CT molecular complexity index is 433. The molecule has 0 aromatic heterocycles. The summed E-state index contributed by atoms with van der Waals surface area (Å²) >= 11 is 3.63. The van der Waals surface area contributed by atoms with Gasteiger partial charge in [-0.2, -0.15) is 0 Å². The summed E-state index contributed by atoms with van der Waals surface area (Å²) in [6.45, 7) is 9.86. The second-order valence-corrected chi connectivity index (χ2v) is 6.85. The van der Waals surface area contributed by atoms with Crippen LogP contribution in [0.1, 0.15) is 37.4 Å². The molecular formula is C16H25BrN2. The van der Waals surface area contributed by atoms with Crippen molar-refractivity contribution in [1.82, 2.24) is 4.90 Å². The summed E-state index contributed by atoms with van der Waals surface area (Å²) in [6.07, 6.45) is 1.28. The van der Waals surface area contributed by atoms with Crippen LogP contribution < -0.4 is 5.73 Å². The van der Waals surface area contributed by atoms with E-state index in [2.05, 4.69) is 59.8 Å². The van der Waals surface area contributed by atoms with Crippen LogP contribution in [0.15, 0.2) is 22.7 Å². The van der Waals surface area contributed by atoms with Crippen molar-refractivity contribution in [3.63, 3.8) is 0 Å². The van der Waals surface area contributed by atoms with Crippen LogP contribution >= 0.6 is 15.9 Å². The third-order valence-electron chi connectivity index (χ3n) is 4.61. The van der Waals surface area contributed by atoms with Gasteiger partial charge in [0, 0.05) is 23.6 Å². The molecule has 0 saturated carbocycles. The Hall–Kier alpha value is -0.380. The van der Waals surface area contributed by atoms with Crippen LogP contribution in [0.4, 0.5) is 0 Å². The Morgan fingerprint density at radius 1 is 1.37 bits per heavy atom. The zero-order valence-electron chi connectivity index (χ0n) is 12.2. The van der Waals surface area contributed by atoms with Gasteiger partial charge in [-0.25, -0.2) is 0 Å². The van der Waals surface area contributed by atoms with Crippen molar-refractivity contribution in [2.75, 3.05) is 19.6 Å². The molecule has 1 aliphatic rings. The summed E-state index contributed by atoms with van der Waals surface area (Å²) in [4.78, 5) is 2.56. The Morgan fingerprint density at radius 2 is 2.11 bits per heavy atom. The normalized spacial score (nSPS) is 26.4. The molecule has 1 aliphatic heterocycles. The first-order chi connectivity index (χ1) is 9.02. The molecule has 2 rings (SSSR count). The number of halogens is 1. The fourth-order valence-electron chi connectivity index (χ4n) is 2.89. The highest BCUT2D eigenvalue weighted by molar-refractivity contribution is 9.10. The lowest BCUT2D eigenvalue weighted by atomic mass is 9.87. The predicted octanol–water partition coefficient (Wildman–Crippen LogP) is 3.74. The summed E-state index contributed by atoms with van der Waals surface area (Å²) < 4.78 is 1.18. The second-order valence-electron chi connectivity index (χ2n) is 6.00. The monoisotopic (exact) mass is 324 g/mol. The number of hydrogen-bond donors (Lipinski definition) is 1. The fourth-order valence-corrected chi connectivity index (χ4v) is 3.29. The van der Waals surface area contributed by atoms with E-state index in [1.165, 1.54) is 28.6 Å². The number of hydrogen-bond acceptors (Lipinski definition) is 2. The Balaban J connectivity index is 2.17. The largest absolute Gasteiger partial charge is 0.329 e. The van der Waals surface area contributed by atoms with Gasteiger partial charge in [0.15, 0.2) is 0 Å². The molecular weight excluding hydrogens is 300 g/mol. The van der Waals surface area contributed by atoms with E-state index in [-0.39, 0.29) is 0 Å². The molecule has 2 N–H and O–H groups in total. The van der Waals surface area contributed by atoms with Gasteiger partial charge in [0.05, 0.1) is 0 Å². The standard InChI is InChI=1S/C16H25BrN2/c1-11-6-7-19(10-13(11)3)16(9-18)14-5-4-12(2)15(17)8-14/h4-5,8,11,13,16H,6-7,9-10,18H2,1-3H3. The van der Waals surface area contributed by atoms with E-state index in [1.807, 2.05) is 0 Å². The first-order valence-electron chi connectivity index (χ1n) is 7.23. The quantitative estimate of drug-likeness (QED) is 0.917. The molecule has 106 valence electrons. The van der Waals surface area contributed by atoms with Gasteiger partial charge in [0.25, 0.3) is 0 Å². The van der Waals surface area contributed by atoms with Crippen molar-refractivity contribution in [3.05, 3.63) is 33.8 Å². The lowest BCUT2D eigenvalue weighted by Crippen LogP contribution is -2.43. The molecule has 19 heavy (non-hydrogen) atoms. The lowest BCUT2D eigenvalue weighted by molar-refractivity contribution is 0.0983. The molecule has 0 aliphatic carbocycles. The van der Waals surface area contributed by atoms with Gasteiger partial charge in [0.2, 0.25) is 0 Å². The van der Waals surface area contributed by atoms with Crippen molar-refractivity contribution in [2.24, 2.45) is 17.6 Å². The summed E-state index contributed by atoms with van der Waals surface area (Å²) in [5, 5.41) is 0. The molecule has 3 atom stereocenters. The zero-order chi connectivity index (χ0) is 14.0. The molecule has 1 heterocycles. The number of aryl methyl sites for hydroxylation is 1. The highest BCUT2D eigenvalue weighted by Crippen LogP contribution is 2.31. The van der Waals surface area contributed by atoms with Crippen LogP contribution in [0.3, 0.4) is 0 Å². The molecule has 0 amide bonds. The Labute approximate surface area is 125 Å². The number of likely N-dealkylation sites (tertiary alicyclic amines) is 1. The summed E-state index contributed by atoms with van der Waals surface area (Å²) in [7, 11) is 0. The van der Waals surface area contributed by atoms with Crippen LogP contribution in [0.25, 0.3) is 0 Å². The Kier molecular flexibility index (Phi) is 5.04. The van der Waals surface area contributed by atoms with Crippen LogP contribution in [-0.2, 0) is 0 Å². The molecule has 0 bridgehead atoms. The van der Waals surface area contributed by atoms with Gasteiger partial charge in [-0.1, -0.05) is 41.9 Å². The number of piperidine rings is 1. The highest BCUT2D eigenvalue weighted by Gasteiger charge is 2.28. The Morgan fingerprint density at radius 3 is 2.68 bits per heavy atom. The van der Waals surface area contributed by atoms with E-state index >= 15 is 0 Å². The lowest BCUT2D eigenvalue weighted by Gasteiger charge is -2.40. The van der Waals surface area contributed by atoms with Crippen LogP contribution in [0, 0.1) is 18.8 Å². The molecule has 0 radical (unpaired) electrons. The minimum absolute atomic E-state index is 0.354. The van der Waals surface area contributed by atoms with Gasteiger partial charge in [0.1, 0.15) is 0 Å². The number of rotatable bonds is 3. The number of benzene rings is 1. The van der Waals surface area contributed by atoms with Gasteiger partial charge < -0.3 is 5.73 Å². The maximum absolute atomic E-state index is 6.05. The van der Waals surface area contributed by atoms with Gasteiger partial charge in [-0.05, 0) is 48.9 Å². The number of nitrogens with zero attached hydrogens (tertiary/aromatic N) is 1. The average Bonchev–Trinajstić information content (AvgIpc) is 2.39. The molecule has 3 heteroatoms. The van der Waals surface area contributed by atoms with Gasteiger partial charge in [-0.3, -0.25) is 4.90 Å². The van der Waals surface area contributed by atoms with Crippen LogP contribution in [-0.4, -0.2) is 24.5 Å². The number of nitrogens with two attached hydrogens (primary N) is 1. The zero-order valence-corrected chi connectivity index (χ0v) is 13.8. The van der Waals surface area contributed by atoms with Crippen LogP contribution in [0.2, 0.25) is 0 Å². The van der Waals surface area contributed by atoms with E-state index in [0.717, 1.165) is 18.4 Å². The first-order valence-corrected chi connectivity index (χ1v) is 8.02. The van der Waals surface area contributed by atoms with E-state index in [4.69, 9.17) is 5.73 Å². The highest BCUT2D eigenvalue weighted by atomic mass is 79.9. The molecule has 3 unspecified atom stereocenters. The molecule has 1 aromatic carbocycles. The third-order valence-corrected chi connectivity index (χ3v) is 5.46. The van der Waals surface area contributed by atoms with E-state index in [1.54, 1.807) is 0 Å². The van der Waals surface area contributed by atoms with E-state index in [9.17, 15) is 0 Å². The summed E-state index contributed by atoms with van der Waals surface area (Å²) in [5.74, 6) is 1.59.